The first kappa shape index (κ1) is 19.1. The minimum absolute atomic E-state index is 0.142. The first-order valence-electron chi connectivity index (χ1n) is 7.70. The van der Waals surface area contributed by atoms with Crippen molar-refractivity contribution in [1.29, 1.82) is 0 Å². The van der Waals surface area contributed by atoms with Crippen LogP contribution in [0.25, 0.3) is 4.85 Å². The fourth-order valence-corrected chi connectivity index (χ4v) is 3.72. The normalized spacial score (nSPS) is 26.3. The topological polar surface area (TPSA) is 86.7 Å². The van der Waals surface area contributed by atoms with Crippen LogP contribution in [0.5, 0.6) is 0 Å². The van der Waals surface area contributed by atoms with Crippen LogP contribution in [0.4, 0.5) is 11.5 Å². The van der Waals surface area contributed by atoms with Gasteiger partial charge in [-0.2, -0.15) is 0 Å². The molecule has 132 valence electrons. The molecule has 7 nitrogen and oxygen atoms in total. The molecular formula is C15H22ClN5O2S. The summed E-state index contributed by atoms with van der Waals surface area (Å²) in [5.74, 6) is 1.37. The van der Waals surface area contributed by atoms with Crippen LogP contribution in [0, 0.1) is 6.57 Å². The van der Waals surface area contributed by atoms with Crippen molar-refractivity contribution in [2.45, 2.75) is 49.2 Å². The maximum absolute atomic E-state index is 7.34. The average molecular weight is 372 g/mol. The summed E-state index contributed by atoms with van der Waals surface area (Å²) < 4.78 is 11.0. The van der Waals surface area contributed by atoms with Gasteiger partial charge in [-0.25, -0.2) is 16.5 Å². The number of halogens is 1. The first-order chi connectivity index (χ1) is 11.5. The molecule has 0 aliphatic heterocycles. The summed E-state index contributed by atoms with van der Waals surface area (Å²) in [6.07, 6.45) is 1.03. The van der Waals surface area contributed by atoms with Crippen molar-refractivity contribution < 1.29 is 9.47 Å². The van der Waals surface area contributed by atoms with E-state index in [2.05, 4.69) is 27.1 Å². The summed E-state index contributed by atoms with van der Waals surface area (Å²) in [6.45, 7) is 9.43. The number of methoxy groups -OCH3 is 2. The molecule has 4 atom stereocenters. The van der Waals surface area contributed by atoms with E-state index in [1.807, 2.05) is 0 Å². The van der Waals surface area contributed by atoms with Crippen molar-refractivity contribution >= 4 is 34.9 Å². The van der Waals surface area contributed by atoms with E-state index < -0.39 is 0 Å². The zero-order valence-corrected chi connectivity index (χ0v) is 15.5. The van der Waals surface area contributed by atoms with E-state index in [1.165, 1.54) is 11.8 Å². The van der Waals surface area contributed by atoms with Crippen LogP contribution in [0.1, 0.15) is 19.8 Å². The highest BCUT2D eigenvalue weighted by atomic mass is 35.5. The molecule has 9 heteroatoms. The molecule has 0 bridgehead atoms. The van der Waals surface area contributed by atoms with Crippen LogP contribution in [0.2, 0.25) is 5.15 Å². The molecule has 3 N–H and O–H groups in total. The number of hydrogen-bond acceptors (Lipinski definition) is 7. The minimum atomic E-state index is -0.294. The van der Waals surface area contributed by atoms with Gasteiger partial charge in [0.15, 0.2) is 22.2 Å². The van der Waals surface area contributed by atoms with Gasteiger partial charge in [0.25, 0.3) is 6.04 Å². The van der Waals surface area contributed by atoms with E-state index in [4.69, 9.17) is 33.4 Å². The second kappa shape index (κ2) is 8.72. The number of aromatic nitrogens is 2. The molecule has 0 radical (unpaired) electrons. The van der Waals surface area contributed by atoms with Crippen molar-refractivity contribution in [3.05, 3.63) is 16.6 Å². The Labute approximate surface area is 151 Å². The molecule has 24 heavy (non-hydrogen) atoms. The van der Waals surface area contributed by atoms with Crippen LogP contribution in [0.3, 0.4) is 0 Å². The number of rotatable bonds is 7. The Morgan fingerprint density at radius 1 is 1.38 bits per heavy atom. The van der Waals surface area contributed by atoms with Crippen LogP contribution in [-0.4, -0.2) is 54.2 Å². The predicted molar refractivity (Wildman–Crippen MR) is 96.5 cm³/mol. The number of hydrogen-bond donors (Lipinski definition) is 2. The van der Waals surface area contributed by atoms with Gasteiger partial charge in [0, 0.05) is 26.4 Å². The average Bonchev–Trinajstić information content (AvgIpc) is 2.93. The molecule has 1 aromatic rings. The molecular weight excluding hydrogens is 350 g/mol. The summed E-state index contributed by atoms with van der Waals surface area (Å²) in [6, 6.07) is -0.415. The van der Waals surface area contributed by atoms with Gasteiger partial charge in [-0.05, 0) is 6.42 Å². The second-order valence-corrected chi connectivity index (χ2v) is 6.91. The van der Waals surface area contributed by atoms with E-state index in [0.717, 1.165) is 12.2 Å². The van der Waals surface area contributed by atoms with Crippen molar-refractivity contribution in [2.24, 2.45) is 0 Å². The minimum Gasteiger partial charge on any atom is -0.393 e. The smallest absolute Gasteiger partial charge is 0.254 e. The predicted octanol–water partition coefficient (Wildman–Crippen LogP) is 2.72. The summed E-state index contributed by atoms with van der Waals surface area (Å²) in [7, 11) is 3.20. The Morgan fingerprint density at radius 3 is 2.67 bits per heavy atom. The van der Waals surface area contributed by atoms with Crippen molar-refractivity contribution in [2.75, 3.05) is 31.0 Å². The maximum Gasteiger partial charge on any atom is 0.254 e. The van der Waals surface area contributed by atoms with Crippen molar-refractivity contribution in [3.8, 4) is 0 Å². The standard InChI is InChI=1S/C15H22ClN5O2S/c1-5-6-24-15-20-13(16)10(17)14(21-15)19-9-7-8(18-2)11(22-3)12(9)23-4/h8-9,11-12H,5-7,17H2,1,3-4H3,(H,19,20,21)/t8-,9+,11+,12-/m0/s1. The monoisotopic (exact) mass is 371 g/mol. The largest absolute Gasteiger partial charge is 0.393 e. The summed E-state index contributed by atoms with van der Waals surface area (Å²) >= 11 is 7.66. The first-order valence-corrected chi connectivity index (χ1v) is 9.06. The lowest BCUT2D eigenvalue weighted by Crippen LogP contribution is -2.38. The maximum atomic E-state index is 7.34. The molecule has 0 amide bonds. The van der Waals surface area contributed by atoms with Crippen molar-refractivity contribution in [1.82, 2.24) is 9.97 Å². The quantitative estimate of drug-likeness (QED) is 0.330. The van der Waals surface area contributed by atoms with Gasteiger partial charge < -0.3 is 25.4 Å². The molecule has 1 aliphatic carbocycles. The van der Waals surface area contributed by atoms with Gasteiger partial charge in [0.1, 0.15) is 11.8 Å². The molecule has 0 aromatic carbocycles. The van der Waals surface area contributed by atoms with Crippen LogP contribution in [0.15, 0.2) is 5.16 Å². The number of nitrogens with two attached hydrogens (primary N) is 1. The van der Waals surface area contributed by atoms with Gasteiger partial charge >= 0.3 is 0 Å². The fourth-order valence-electron chi connectivity index (χ4n) is 2.80. The molecule has 2 rings (SSSR count). The molecule has 1 aliphatic rings. The Hall–Kier alpha value is -1.27. The van der Waals surface area contributed by atoms with Crippen LogP contribution >= 0.6 is 23.4 Å². The highest BCUT2D eigenvalue weighted by molar-refractivity contribution is 7.99. The lowest BCUT2D eigenvalue weighted by molar-refractivity contribution is -0.0212. The third-order valence-corrected chi connectivity index (χ3v) is 5.28. The summed E-state index contributed by atoms with van der Waals surface area (Å²) in [4.78, 5) is 12.3. The van der Waals surface area contributed by atoms with E-state index >= 15 is 0 Å². The Bertz CT molecular complexity index is 612. The zero-order chi connectivity index (χ0) is 17.7. The number of nitrogens with zero attached hydrogens (tertiary/aromatic N) is 3. The SMILES string of the molecule is [C-]#[N+][C@H]1C[C@@H](Nc2nc(SCCC)nc(Cl)c2N)[C@H](OC)[C@@H]1OC. The number of ether oxygens (including phenoxy) is 2. The lowest BCUT2D eigenvalue weighted by Gasteiger charge is -2.23. The molecule has 0 saturated heterocycles. The third-order valence-electron chi connectivity index (χ3n) is 3.94. The molecule has 1 fully saturated rings. The zero-order valence-electron chi connectivity index (χ0n) is 14.0. The van der Waals surface area contributed by atoms with E-state index in [1.54, 1.807) is 14.2 Å². The van der Waals surface area contributed by atoms with Crippen molar-refractivity contribution in [3.63, 3.8) is 0 Å². The molecule has 1 heterocycles. The summed E-state index contributed by atoms with van der Waals surface area (Å²) in [5.41, 5.74) is 6.32. The number of anilines is 2. The van der Waals surface area contributed by atoms with Gasteiger partial charge in [0.2, 0.25) is 0 Å². The van der Waals surface area contributed by atoms with E-state index in [0.29, 0.717) is 23.1 Å². The van der Waals surface area contributed by atoms with Crippen LogP contribution in [-0.2, 0) is 9.47 Å². The molecule has 0 spiro atoms. The van der Waals surface area contributed by atoms with Gasteiger partial charge in [-0.1, -0.05) is 30.3 Å². The van der Waals surface area contributed by atoms with Gasteiger partial charge in [-0.3, -0.25) is 0 Å². The fraction of sp³-hybridized carbons (Fsp3) is 0.667. The second-order valence-electron chi connectivity index (χ2n) is 5.49. The molecule has 1 aromatic heterocycles. The highest BCUT2D eigenvalue weighted by Gasteiger charge is 2.48. The number of nitrogen functional groups attached to an aromatic ring is 1. The Kier molecular flexibility index (Phi) is 6.92. The summed E-state index contributed by atoms with van der Waals surface area (Å²) in [5, 5.41) is 4.08. The Balaban J connectivity index is 2.23. The lowest BCUT2D eigenvalue weighted by atomic mass is 10.2. The Morgan fingerprint density at radius 2 is 2.08 bits per heavy atom. The van der Waals surface area contributed by atoms with E-state index in [9.17, 15) is 0 Å². The van der Waals surface area contributed by atoms with E-state index in [-0.39, 0.29) is 29.4 Å². The number of thioether (sulfide) groups is 1. The number of nitrogens with one attached hydrogen (secondary N) is 1. The third kappa shape index (κ3) is 4.03. The molecule has 1 saturated carbocycles. The van der Waals surface area contributed by atoms with Gasteiger partial charge in [-0.15, -0.1) is 0 Å². The molecule has 0 unspecified atom stereocenters. The van der Waals surface area contributed by atoms with Gasteiger partial charge in [0.05, 0.1) is 6.04 Å². The highest BCUT2D eigenvalue weighted by Crippen LogP contribution is 2.33. The van der Waals surface area contributed by atoms with Crippen LogP contribution < -0.4 is 11.1 Å².